The Morgan fingerprint density at radius 1 is 1.08 bits per heavy atom. The van der Waals surface area contributed by atoms with Crippen LogP contribution in [0.3, 0.4) is 0 Å². The van der Waals surface area contributed by atoms with E-state index < -0.39 is 75.0 Å². The van der Waals surface area contributed by atoms with Gasteiger partial charge in [-0.1, -0.05) is 43.7 Å². The van der Waals surface area contributed by atoms with Crippen LogP contribution in [0.15, 0.2) is 30.3 Å². The summed E-state index contributed by atoms with van der Waals surface area (Å²) in [4.78, 5) is 11.0. The third-order valence-electron chi connectivity index (χ3n) is 6.58. The molecule has 36 heavy (non-hydrogen) atoms. The highest BCUT2D eigenvalue weighted by Gasteiger charge is 2.60. The molecule has 0 radical (unpaired) electrons. The van der Waals surface area contributed by atoms with Gasteiger partial charge in [-0.05, 0) is 39.7 Å². The van der Waals surface area contributed by atoms with Gasteiger partial charge in [-0.25, -0.2) is 0 Å². The zero-order chi connectivity index (χ0) is 26.3. The lowest BCUT2D eigenvalue weighted by Gasteiger charge is -2.31. The molecule has 3 aliphatic rings. The predicted octanol–water partition coefficient (Wildman–Crippen LogP) is 3.16. The average Bonchev–Trinajstić information content (AvgIpc) is 3.38. The Morgan fingerprint density at radius 2 is 1.78 bits per heavy atom. The zero-order valence-corrected chi connectivity index (χ0v) is 22.0. The van der Waals surface area contributed by atoms with Gasteiger partial charge in [-0.3, -0.25) is 14.3 Å². The second-order valence-electron chi connectivity index (χ2n) is 10.4. The summed E-state index contributed by atoms with van der Waals surface area (Å²) in [6, 6.07) is 8.45. The van der Waals surface area contributed by atoms with Gasteiger partial charge in [0.2, 0.25) is 6.54 Å². The maximum absolute atomic E-state index is 14.0. The average molecular weight is 530 g/mol. The van der Waals surface area contributed by atoms with E-state index in [1.807, 2.05) is 6.92 Å². The van der Waals surface area contributed by atoms with Gasteiger partial charge < -0.3 is 23.7 Å². The molecule has 202 valence electrons. The molecule has 0 amide bonds. The quantitative estimate of drug-likeness (QED) is 0.253. The lowest BCUT2D eigenvalue weighted by molar-refractivity contribution is -0.488. The number of nitrogens with zero attached hydrogens (tertiary/aromatic N) is 1. The molecular formula is C24H35NO10S. The fourth-order valence-electron chi connectivity index (χ4n) is 5.22. The summed E-state index contributed by atoms with van der Waals surface area (Å²) in [5.41, 5.74) is 0.426. The molecule has 0 N–H and O–H groups in total. The van der Waals surface area contributed by atoms with E-state index in [9.17, 15) is 18.5 Å². The van der Waals surface area contributed by atoms with Gasteiger partial charge >= 0.3 is 0 Å². The Balaban J connectivity index is 1.68. The van der Waals surface area contributed by atoms with Crippen LogP contribution in [0.25, 0.3) is 0 Å². The molecule has 0 aromatic heterocycles. The van der Waals surface area contributed by atoms with E-state index in [0.717, 1.165) is 0 Å². The minimum Gasteiger partial charge on any atom is -0.348 e. The summed E-state index contributed by atoms with van der Waals surface area (Å²) in [5, 5.41) is 10.2. The van der Waals surface area contributed by atoms with Gasteiger partial charge in [0, 0.05) is 10.8 Å². The molecule has 11 nitrogen and oxygen atoms in total. The first-order chi connectivity index (χ1) is 16.8. The van der Waals surface area contributed by atoms with Gasteiger partial charge in [-0.15, -0.1) is 0 Å². The van der Waals surface area contributed by atoms with E-state index in [1.165, 1.54) is 0 Å². The van der Waals surface area contributed by atoms with Crippen LogP contribution in [0.5, 0.6) is 0 Å². The highest BCUT2D eigenvalue weighted by Crippen LogP contribution is 2.44. The van der Waals surface area contributed by atoms with E-state index in [1.54, 1.807) is 58.0 Å². The van der Waals surface area contributed by atoms with Crippen molar-refractivity contribution in [3.63, 3.8) is 0 Å². The largest absolute Gasteiger partial charge is 0.348 e. The first-order valence-electron chi connectivity index (χ1n) is 12.2. The van der Waals surface area contributed by atoms with Crippen molar-refractivity contribution in [1.29, 1.82) is 0 Å². The Labute approximate surface area is 211 Å². The lowest BCUT2D eigenvalue weighted by atomic mass is 9.94. The molecule has 12 heteroatoms. The molecular weight excluding hydrogens is 494 g/mol. The molecule has 0 aliphatic carbocycles. The molecule has 1 aromatic carbocycles. The third-order valence-corrected chi connectivity index (χ3v) is 8.35. The predicted molar refractivity (Wildman–Crippen MR) is 127 cm³/mol. The van der Waals surface area contributed by atoms with Crippen LogP contribution in [0, 0.1) is 16.0 Å². The molecule has 4 rings (SSSR count). The molecule has 0 bridgehead atoms. The number of fused-ring (bicyclic) bond motifs is 1. The van der Waals surface area contributed by atoms with Gasteiger partial charge in [0.05, 0.1) is 6.61 Å². The molecule has 3 fully saturated rings. The van der Waals surface area contributed by atoms with Crippen molar-refractivity contribution in [3.05, 3.63) is 46.0 Å². The SMILES string of the molecule is CCC[C@H](C[N+](=O)[O-])[C@H](c1ccccc1)S(=O)(=O)O[C@H]1[C@H]2OC(C)(C)O[C@H]2O[C@@H]1[C@H]1COC(C)(C)O1. The zero-order valence-electron chi connectivity index (χ0n) is 21.2. The van der Waals surface area contributed by atoms with Crippen LogP contribution >= 0.6 is 0 Å². The van der Waals surface area contributed by atoms with Crippen LogP contribution in [0.1, 0.15) is 58.3 Å². The molecule has 7 atom stereocenters. The van der Waals surface area contributed by atoms with Crippen molar-refractivity contribution in [3.8, 4) is 0 Å². The van der Waals surface area contributed by atoms with Crippen LogP contribution < -0.4 is 0 Å². The third kappa shape index (κ3) is 5.90. The Morgan fingerprint density at radius 3 is 2.36 bits per heavy atom. The minimum atomic E-state index is -4.41. The molecule has 0 spiro atoms. The van der Waals surface area contributed by atoms with E-state index in [4.69, 9.17) is 27.9 Å². The van der Waals surface area contributed by atoms with Crippen molar-refractivity contribution < 1.29 is 41.2 Å². The standard InChI is InChI=1S/C24H35NO10S/c1-6-10-16(13-25(26)27)21(15-11-8-7-9-12-15)36(28,29)35-19-18(17-14-30-23(2,3)32-17)31-22-20(19)33-24(4,5)34-22/h7-9,11-12,16-22H,6,10,13-14H2,1-5H3/t16-,17-,18-,19-,20-,21+,22-/m1/s1. The van der Waals surface area contributed by atoms with Gasteiger partial charge in [-0.2, -0.15) is 8.42 Å². The maximum Gasteiger partial charge on any atom is 0.275 e. The normalized spacial score (nSPS) is 32.8. The fraction of sp³-hybridized carbons (Fsp3) is 0.750. The highest BCUT2D eigenvalue weighted by molar-refractivity contribution is 7.87. The summed E-state index contributed by atoms with van der Waals surface area (Å²) >= 11 is 0. The van der Waals surface area contributed by atoms with Crippen molar-refractivity contribution in [1.82, 2.24) is 0 Å². The van der Waals surface area contributed by atoms with E-state index in [0.29, 0.717) is 18.4 Å². The van der Waals surface area contributed by atoms with Crippen LogP contribution in [-0.2, 0) is 38.0 Å². The van der Waals surface area contributed by atoms with Crippen molar-refractivity contribution in [2.45, 2.75) is 95.0 Å². The van der Waals surface area contributed by atoms with Crippen LogP contribution in [0.2, 0.25) is 0 Å². The smallest absolute Gasteiger partial charge is 0.275 e. The number of hydrogen-bond donors (Lipinski definition) is 0. The Bertz CT molecular complexity index is 1030. The number of rotatable bonds is 10. The maximum atomic E-state index is 14.0. The van der Waals surface area contributed by atoms with Crippen molar-refractivity contribution >= 4 is 10.1 Å². The van der Waals surface area contributed by atoms with Crippen LogP contribution in [-0.4, -0.2) is 68.8 Å². The summed E-state index contributed by atoms with van der Waals surface area (Å²) < 4.78 is 63.3. The van der Waals surface area contributed by atoms with Crippen molar-refractivity contribution in [2.24, 2.45) is 5.92 Å². The summed E-state index contributed by atoms with van der Waals surface area (Å²) in [7, 11) is -4.41. The molecule has 3 heterocycles. The number of benzene rings is 1. The molecule has 1 aromatic rings. The summed E-state index contributed by atoms with van der Waals surface area (Å²) in [6.45, 7) is 8.44. The van der Waals surface area contributed by atoms with Gasteiger partial charge in [0.1, 0.15) is 29.7 Å². The van der Waals surface area contributed by atoms with Crippen LogP contribution in [0.4, 0.5) is 0 Å². The molecule has 3 aliphatic heterocycles. The lowest BCUT2D eigenvalue weighted by Crippen LogP contribution is -2.46. The number of hydrogen-bond acceptors (Lipinski definition) is 10. The Kier molecular flexibility index (Phi) is 7.78. The van der Waals surface area contributed by atoms with Gasteiger partial charge in [0.25, 0.3) is 10.1 Å². The van der Waals surface area contributed by atoms with Gasteiger partial charge in [0.15, 0.2) is 17.9 Å². The minimum absolute atomic E-state index is 0.169. The fourth-order valence-corrected chi connectivity index (χ4v) is 7.06. The van der Waals surface area contributed by atoms with Crippen molar-refractivity contribution in [2.75, 3.05) is 13.2 Å². The Hall–Kier alpha value is -1.67. The second-order valence-corrected chi connectivity index (χ2v) is 12.1. The first-order valence-corrected chi connectivity index (χ1v) is 13.7. The monoisotopic (exact) mass is 529 g/mol. The summed E-state index contributed by atoms with van der Waals surface area (Å²) in [5.74, 6) is -2.68. The van der Waals surface area contributed by atoms with E-state index >= 15 is 0 Å². The highest BCUT2D eigenvalue weighted by atomic mass is 32.2. The topological polar surface area (TPSA) is 133 Å². The number of ether oxygens (including phenoxy) is 5. The summed E-state index contributed by atoms with van der Waals surface area (Å²) in [6.07, 6.45) is -3.38. The second kappa shape index (κ2) is 10.2. The first kappa shape index (κ1) is 27.4. The molecule has 0 unspecified atom stereocenters. The molecule has 3 saturated heterocycles. The molecule has 0 saturated carbocycles. The van der Waals surface area contributed by atoms with E-state index in [2.05, 4.69) is 0 Å². The van der Waals surface area contributed by atoms with E-state index in [-0.39, 0.29) is 6.61 Å². The number of nitro groups is 1.